The molecule has 2 aromatic heterocycles. The van der Waals surface area contributed by atoms with Crippen molar-refractivity contribution in [3.63, 3.8) is 0 Å². The van der Waals surface area contributed by atoms with Crippen molar-refractivity contribution in [1.29, 1.82) is 0 Å². The fourth-order valence-electron chi connectivity index (χ4n) is 2.67. The van der Waals surface area contributed by atoms with Crippen LogP contribution in [-0.2, 0) is 13.0 Å². The number of nitrogens with zero attached hydrogens (tertiary/aromatic N) is 3. The smallest absolute Gasteiger partial charge is 0.0299 e. The Bertz CT molecular complexity index is 536. The van der Waals surface area contributed by atoms with Crippen molar-refractivity contribution < 1.29 is 0 Å². The highest BCUT2D eigenvalue weighted by Gasteiger charge is 1.93. The fraction of sp³-hybridized carbons (Fsp3) is 0.700. The van der Waals surface area contributed by atoms with E-state index < -0.39 is 0 Å². The van der Waals surface area contributed by atoms with Gasteiger partial charge in [-0.3, -0.25) is 4.98 Å². The van der Waals surface area contributed by atoms with Crippen LogP contribution >= 0.6 is 0 Å². The van der Waals surface area contributed by atoms with Crippen LogP contribution in [0.3, 0.4) is 0 Å². The van der Waals surface area contributed by atoms with Crippen molar-refractivity contribution in [2.24, 2.45) is 5.73 Å². The van der Waals surface area contributed by atoms with Crippen LogP contribution in [-0.4, -0.2) is 41.1 Å². The first-order chi connectivity index (χ1) is 16.5. The van der Waals surface area contributed by atoms with E-state index in [0.29, 0.717) is 0 Å². The number of hydrogen-bond acceptors (Lipinski definition) is 3. The molecule has 2 aromatic rings. The maximum Gasteiger partial charge on any atom is 0.0299 e. The Labute approximate surface area is 214 Å². The summed E-state index contributed by atoms with van der Waals surface area (Å²) in [6, 6.07) is 8.10. The Kier molecular flexibility index (Phi) is 36.4. The Morgan fingerprint density at radius 3 is 1.65 bits per heavy atom. The molecule has 200 valence electrons. The van der Waals surface area contributed by atoms with Crippen LogP contribution in [0.5, 0.6) is 0 Å². The maximum atomic E-state index is 5.03. The molecule has 0 aliphatic rings. The van der Waals surface area contributed by atoms with Crippen LogP contribution in [0.4, 0.5) is 0 Å². The van der Waals surface area contributed by atoms with Gasteiger partial charge in [-0.2, -0.15) is 0 Å². The van der Waals surface area contributed by atoms with Gasteiger partial charge in [0, 0.05) is 31.3 Å². The average molecular weight is 477 g/mol. The van der Waals surface area contributed by atoms with Crippen LogP contribution in [0.15, 0.2) is 49.1 Å². The molecule has 2 N–H and O–H groups in total. The minimum atomic E-state index is 0.819. The predicted octanol–water partition coefficient (Wildman–Crippen LogP) is 8.22. The largest absolute Gasteiger partial charge is 0.355 e. The van der Waals surface area contributed by atoms with Crippen molar-refractivity contribution in [2.75, 3.05) is 26.7 Å². The van der Waals surface area contributed by atoms with Crippen molar-refractivity contribution in [3.05, 3.63) is 54.6 Å². The molecule has 34 heavy (non-hydrogen) atoms. The number of rotatable bonds is 11. The summed E-state index contributed by atoms with van der Waals surface area (Å²) < 4.78 is 2.12. The molecule has 4 heteroatoms. The van der Waals surface area contributed by atoms with Crippen LogP contribution < -0.4 is 5.73 Å². The third-order valence-corrected chi connectivity index (χ3v) is 4.91. The Morgan fingerprint density at radius 2 is 1.35 bits per heavy atom. The predicted molar refractivity (Wildman–Crippen MR) is 156 cm³/mol. The lowest BCUT2D eigenvalue weighted by Gasteiger charge is -2.14. The van der Waals surface area contributed by atoms with Gasteiger partial charge in [-0.25, -0.2) is 0 Å². The summed E-state index contributed by atoms with van der Waals surface area (Å²) in [7, 11) is 2.21. The fourth-order valence-corrected chi connectivity index (χ4v) is 2.67. The van der Waals surface area contributed by atoms with Crippen LogP contribution in [0, 0.1) is 0 Å². The van der Waals surface area contributed by atoms with Gasteiger partial charge in [-0.15, -0.1) is 0 Å². The van der Waals surface area contributed by atoms with Gasteiger partial charge in [0.1, 0.15) is 0 Å². The highest BCUT2D eigenvalue weighted by Crippen LogP contribution is 1.96. The SMILES string of the molecule is CCCCC.CCCCCN(C)CCC.CCCN.CCc1cccnc1.CCn1cccc1. The lowest BCUT2D eigenvalue weighted by Crippen LogP contribution is -2.20. The average Bonchev–Trinajstić information content (AvgIpc) is 3.41. The van der Waals surface area contributed by atoms with E-state index in [0.717, 1.165) is 25.9 Å². The molecule has 0 saturated heterocycles. The summed E-state index contributed by atoms with van der Waals surface area (Å²) >= 11 is 0. The minimum Gasteiger partial charge on any atom is -0.355 e. The second kappa shape index (κ2) is 33.5. The van der Waals surface area contributed by atoms with Gasteiger partial charge in [0.25, 0.3) is 0 Å². The number of pyridine rings is 1. The van der Waals surface area contributed by atoms with Gasteiger partial charge in [-0.1, -0.05) is 79.7 Å². The van der Waals surface area contributed by atoms with E-state index in [9.17, 15) is 0 Å². The van der Waals surface area contributed by atoms with E-state index in [1.165, 1.54) is 63.6 Å². The third-order valence-electron chi connectivity index (χ3n) is 4.91. The Hall–Kier alpha value is -1.65. The molecule has 0 radical (unpaired) electrons. The number of nitrogens with two attached hydrogens (primary N) is 1. The molecule has 0 saturated carbocycles. The quantitative estimate of drug-likeness (QED) is 0.332. The van der Waals surface area contributed by atoms with Crippen LogP contribution in [0.1, 0.15) is 105 Å². The summed E-state index contributed by atoms with van der Waals surface area (Å²) in [5.41, 5.74) is 6.33. The second-order valence-corrected chi connectivity index (χ2v) is 8.38. The molecule has 0 amide bonds. The molecule has 0 aliphatic carbocycles. The standard InChI is InChI=1S/C9H21N.C7H9N.C6H9N.C5H12.C3H9N/c1-4-6-7-9-10(3)8-5-2;1-2-7-4-3-5-8-6-7;1-2-7-5-3-4-6-7;1-3-5-4-2;1-2-3-4/h4-9H2,1-3H3;3-6H,2H2,1H3;3-6H,2H2,1H3;3-5H2,1-2H3;2-4H2,1H3. The van der Waals surface area contributed by atoms with E-state index in [4.69, 9.17) is 5.73 Å². The van der Waals surface area contributed by atoms with E-state index in [1.54, 1.807) is 6.20 Å². The molecule has 0 aliphatic heterocycles. The third kappa shape index (κ3) is 32.5. The highest BCUT2D eigenvalue weighted by molar-refractivity contribution is 5.07. The molecule has 0 spiro atoms. The van der Waals surface area contributed by atoms with Crippen LogP contribution in [0.25, 0.3) is 0 Å². The van der Waals surface area contributed by atoms with E-state index >= 15 is 0 Å². The van der Waals surface area contributed by atoms with Gasteiger partial charge in [0.05, 0.1) is 0 Å². The monoisotopic (exact) mass is 476 g/mol. The summed E-state index contributed by atoms with van der Waals surface area (Å²) in [5.74, 6) is 0. The number of aromatic nitrogens is 2. The van der Waals surface area contributed by atoms with Gasteiger partial charge < -0.3 is 15.2 Å². The van der Waals surface area contributed by atoms with Crippen molar-refractivity contribution in [1.82, 2.24) is 14.5 Å². The first kappa shape index (κ1) is 36.9. The van der Waals surface area contributed by atoms with Crippen molar-refractivity contribution in [2.45, 2.75) is 113 Å². The molecule has 0 atom stereocenters. The molecule has 0 unspecified atom stereocenters. The topological polar surface area (TPSA) is 47.1 Å². The summed E-state index contributed by atoms with van der Waals surface area (Å²) in [5, 5.41) is 0. The zero-order valence-electron chi connectivity index (χ0n) is 24.2. The molecule has 2 rings (SSSR count). The highest BCUT2D eigenvalue weighted by atomic mass is 15.1. The zero-order valence-corrected chi connectivity index (χ0v) is 24.2. The number of unbranched alkanes of at least 4 members (excludes halogenated alkanes) is 4. The normalized spacial score (nSPS) is 9.35. The lowest BCUT2D eigenvalue weighted by atomic mass is 10.2. The number of hydrogen-bond donors (Lipinski definition) is 1. The van der Waals surface area contributed by atoms with E-state index in [1.807, 2.05) is 24.4 Å². The second-order valence-electron chi connectivity index (χ2n) is 8.38. The molecular weight excluding hydrogens is 416 g/mol. The first-order valence-electron chi connectivity index (χ1n) is 13.9. The minimum absolute atomic E-state index is 0.819. The molecule has 0 bridgehead atoms. The van der Waals surface area contributed by atoms with Gasteiger partial charge >= 0.3 is 0 Å². The molecule has 4 nitrogen and oxygen atoms in total. The van der Waals surface area contributed by atoms with Gasteiger partial charge in [0.2, 0.25) is 0 Å². The summed E-state index contributed by atoms with van der Waals surface area (Å²) in [4.78, 5) is 6.37. The molecule has 0 aromatic carbocycles. The van der Waals surface area contributed by atoms with Crippen LogP contribution in [0.2, 0.25) is 0 Å². The number of aryl methyl sites for hydroxylation is 2. The molecular formula is C30H60N4. The Balaban J connectivity index is -0.000000366. The Morgan fingerprint density at radius 1 is 0.765 bits per heavy atom. The van der Waals surface area contributed by atoms with E-state index in [-0.39, 0.29) is 0 Å². The summed E-state index contributed by atoms with van der Waals surface area (Å²) in [6.45, 7) is 19.6. The maximum absolute atomic E-state index is 5.03. The van der Waals surface area contributed by atoms with Gasteiger partial charge in [0.15, 0.2) is 0 Å². The summed E-state index contributed by atoms with van der Waals surface area (Å²) in [6.07, 6.45) is 19.4. The zero-order chi connectivity index (χ0) is 26.3. The van der Waals surface area contributed by atoms with E-state index in [2.05, 4.69) is 88.4 Å². The van der Waals surface area contributed by atoms with Gasteiger partial charge in [-0.05, 0) is 83.1 Å². The molecule has 2 heterocycles. The lowest BCUT2D eigenvalue weighted by molar-refractivity contribution is 0.326. The van der Waals surface area contributed by atoms with Crippen molar-refractivity contribution in [3.8, 4) is 0 Å². The molecule has 0 fully saturated rings. The van der Waals surface area contributed by atoms with Crippen molar-refractivity contribution >= 4 is 0 Å². The first-order valence-corrected chi connectivity index (χ1v) is 13.9.